The zero-order chi connectivity index (χ0) is 14.8. The number of amides is 1. The second-order valence-corrected chi connectivity index (χ2v) is 6.33. The first-order valence-corrected chi connectivity index (χ1v) is 7.74. The highest BCUT2D eigenvalue weighted by Gasteiger charge is 2.36. The number of hydrogen-bond acceptors (Lipinski definition) is 4. The third-order valence-electron chi connectivity index (χ3n) is 3.82. The van der Waals surface area contributed by atoms with Gasteiger partial charge in [-0.15, -0.1) is 0 Å². The van der Waals surface area contributed by atoms with Crippen molar-refractivity contribution < 1.29 is 14.7 Å². The van der Waals surface area contributed by atoms with Gasteiger partial charge in [-0.3, -0.25) is 4.79 Å². The fourth-order valence-electron chi connectivity index (χ4n) is 2.27. The Balaban J connectivity index is 2.02. The summed E-state index contributed by atoms with van der Waals surface area (Å²) < 4.78 is 0.172. The normalized spacial score (nSPS) is 16.3. The minimum absolute atomic E-state index is 0.126. The number of carboxylic acids is 1. The topological polar surface area (TPSA) is 79.3 Å². The Labute approximate surface area is 122 Å². The van der Waals surface area contributed by atoms with E-state index < -0.39 is 5.97 Å². The van der Waals surface area contributed by atoms with Gasteiger partial charge in [0, 0.05) is 11.3 Å². The van der Waals surface area contributed by atoms with Crippen LogP contribution in [0.2, 0.25) is 0 Å². The zero-order valence-electron chi connectivity index (χ0n) is 11.6. The van der Waals surface area contributed by atoms with Crippen LogP contribution < -0.4 is 5.32 Å². The van der Waals surface area contributed by atoms with Crippen LogP contribution in [0.3, 0.4) is 0 Å². The summed E-state index contributed by atoms with van der Waals surface area (Å²) in [6, 6.07) is 2.88. The number of nitrogens with one attached hydrogen (secondary N) is 1. The van der Waals surface area contributed by atoms with Gasteiger partial charge in [-0.2, -0.15) is 11.8 Å². The van der Waals surface area contributed by atoms with Crippen molar-refractivity contribution in [2.75, 3.05) is 12.8 Å². The van der Waals surface area contributed by atoms with Gasteiger partial charge in [0.25, 0.3) is 5.91 Å². The predicted octanol–water partition coefficient (Wildman–Crippen LogP) is 2.10. The van der Waals surface area contributed by atoms with Crippen LogP contribution in [0.4, 0.5) is 0 Å². The molecule has 1 saturated carbocycles. The summed E-state index contributed by atoms with van der Waals surface area (Å²) in [6.07, 6.45) is 5.52. The molecular formula is C14H18N2O3S. The number of thioether (sulfide) groups is 1. The van der Waals surface area contributed by atoms with E-state index in [9.17, 15) is 9.59 Å². The monoisotopic (exact) mass is 294 g/mol. The standard InChI is InChI=1S/C14H18N2O3S/c1-9-10(13(18)19)4-5-11(16-9)12(17)15-8-14(20-2)6-3-7-14/h4-5H,3,6-8H2,1-2H3,(H,15,17)(H,18,19). The summed E-state index contributed by atoms with van der Waals surface area (Å²) in [6.45, 7) is 2.23. The van der Waals surface area contributed by atoms with Crippen molar-refractivity contribution in [3.63, 3.8) is 0 Å². The number of aryl methyl sites for hydroxylation is 1. The van der Waals surface area contributed by atoms with Crippen LogP contribution in [0.1, 0.15) is 45.8 Å². The smallest absolute Gasteiger partial charge is 0.337 e. The molecule has 1 heterocycles. The van der Waals surface area contributed by atoms with Gasteiger partial charge in [0.2, 0.25) is 0 Å². The number of rotatable bonds is 5. The van der Waals surface area contributed by atoms with E-state index in [0.29, 0.717) is 12.2 Å². The van der Waals surface area contributed by atoms with Gasteiger partial charge < -0.3 is 10.4 Å². The van der Waals surface area contributed by atoms with Crippen LogP contribution in [0, 0.1) is 6.92 Å². The number of pyridine rings is 1. The lowest BCUT2D eigenvalue weighted by Gasteiger charge is -2.40. The first kappa shape index (κ1) is 14.8. The summed E-state index contributed by atoms with van der Waals surface area (Å²) in [4.78, 5) is 27.0. The van der Waals surface area contributed by atoms with E-state index in [2.05, 4.69) is 16.6 Å². The summed E-state index contributed by atoms with van der Waals surface area (Å²) in [5, 5.41) is 11.8. The van der Waals surface area contributed by atoms with Gasteiger partial charge in [-0.05, 0) is 38.2 Å². The molecular weight excluding hydrogens is 276 g/mol. The van der Waals surface area contributed by atoms with Gasteiger partial charge >= 0.3 is 5.97 Å². The van der Waals surface area contributed by atoms with Crippen molar-refractivity contribution in [3.05, 3.63) is 29.1 Å². The first-order valence-electron chi connectivity index (χ1n) is 6.52. The van der Waals surface area contributed by atoms with Crippen molar-refractivity contribution in [1.29, 1.82) is 0 Å². The molecule has 2 N–H and O–H groups in total. The Morgan fingerprint density at radius 2 is 2.15 bits per heavy atom. The van der Waals surface area contributed by atoms with Crippen LogP contribution in [0.15, 0.2) is 12.1 Å². The van der Waals surface area contributed by atoms with Crippen molar-refractivity contribution >= 4 is 23.6 Å². The van der Waals surface area contributed by atoms with Crippen LogP contribution in [-0.2, 0) is 0 Å². The second-order valence-electron chi connectivity index (χ2n) is 5.06. The molecule has 5 nitrogen and oxygen atoms in total. The van der Waals surface area contributed by atoms with Crippen LogP contribution in [-0.4, -0.2) is 39.5 Å². The molecule has 6 heteroatoms. The molecule has 20 heavy (non-hydrogen) atoms. The Morgan fingerprint density at radius 3 is 2.60 bits per heavy atom. The summed E-state index contributed by atoms with van der Waals surface area (Å²) in [7, 11) is 0. The average molecular weight is 294 g/mol. The molecule has 1 aliphatic carbocycles. The Kier molecular flexibility index (Phi) is 4.32. The number of nitrogens with zero attached hydrogens (tertiary/aromatic N) is 1. The molecule has 0 radical (unpaired) electrons. The quantitative estimate of drug-likeness (QED) is 0.869. The molecule has 0 bridgehead atoms. The van der Waals surface area contributed by atoms with Gasteiger partial charge in [0.15, 0.2) is 0 Å². The molecule has 0 spiro atoms. The minimum Gasteiger partial charge on any atom is -0.478 e. The van der Waals surface area contributed by atoms with E-state index in [0.717, 1.165) is 12.8 Å². The van der Waals surface area contributed by atoms with E-state index in [1.807, 2.05) is 0 Å². The summed E-state index contributed by atoms with van der Waals surface area (Å²) in [5.74, 6) is -1.27. The largest absolute Gasteiger partial charge is 0.478 e. The minimum atomic E-state index is -1.03. The van der Waals surface area contributed by atoms with Crippen LogP contribution in [0.25, 0.3) is 0 Å². The molecule has 1 fully saturated rings. The van der Waals surface area contributed by atoms with Crippen molar-refractivity contribution in [3.8, 4) is 0 Å². The van der Waals surface area contributed by atoms with E-state index in [1.54, 1.807) is 18.7 Å². The van der Waals surface area contributed by atoms with E-state index in [4.69, 9.17) is 5.11 Å². The maximum Gasteiger partial charge on any atom is 0.337 e. The molecule has 2 rings (SSSR count). The average Bonchev–Trinajstić information content (AvgIpc) is 2.37. The first-order chi connectivity index (χ1) is 9.47. The van der Waals surface area contributed by atoms with Gasteiger partial charge in [-0.25, -0.2) is 9.78 Å². The maximum atomic E-state index is 12.1. The Bertz CT molecular complexity index is 536. The predicted molar refractivity (Wildman–Crippen MR) is 78.4 cm³/mol. The SMILES string of the molecule is CSC1(CNC(=O)c2ccc(C(=O)O)c(C)n2)CCC1. The summed E-state index contributed by atoms with van der Waals surface area (Å²) >= 11 is 1.79. The zero-order valence-corrected chi connectivity index (χ0v) is 12.4. The van der Waals surface area contributed by atoms with Crippen LogP contribution >= 0.6 is 11.8 Å². The Morgan fingerprint density at radius 1 is 1.45 bits per heavy atom. The van der Waals surface area contributed by atoms with Gasteiger partial charge in [-0.1, -0.05) is 6.42 Å². The fraction of sp³-hybridized carbons (Fsp3) is 0.500. The molecule has 1 aromatic rings. The molecule has 0 saturated heterocycles. The highest BCUT2D eigenvalue weighted by atomic mass is 32.2. The van der Waals surface area contributed by atoms with Crippen molar-refractivity contribution in [2.24, 2.45) is 0 Å². The van der Waals surface area contributed by atoms with Gasteiger partial charge in [0.1, 0.15) is 5.69 Å². The third kappa shape index (κ3) is 2.95. The van der Waals surface area contributed by atoms with Gasteiger partial charge in [0.05, 0.1) is 11.3 Å². The maximum absolute atomic E-state index is 12.1. The van der Waals surface area contributed by atoms with Crippen molar-refractivity contribution in [1.82, 2.24) is 10.3 Å². The molecule has 0 atom stereocenters. The fourth-order valence-corrected chi connectivity index (χ4v) is 3.18. The second kappa shape index (κ2) is 5.83. The lowest BCUT2D eigenvalue weighted by molar-refractivity contribution is 0.0694. The lowest BCUT2D eigenvalue weighted by atomic mass is 9.84. The number of carbonyl (C=O) groups is 2. The molecule has 0 aliphatic heterocycles. The molecule has 108 valence electrons. The number of hydrogen-bond donors (Lipinski definition) is 2. The summed E-state index contributed by atoms with van der Waals surface area (Å²) in [5.41, 5.74) is 0.748. The lowest BCUT2D eigenvalue weighted by Crippen LogP contribution is -2.45. The van der Waals surface area contributed by atoms with E-state index in [-0.39, 0.29) is 21.9 Å². The number of carboxylic acid groups (broad SMARTS) is 1. The number of carbonyl (C=O) groups excluding carboxylic acids is 1. The third-order valence-corrected chi connectivity index (χ3v) is 5.24. The Hall–Kier alpha value is -1.56. The van der Waals surface area contributed by atoms with Crippen molar-refractivity contribution in [2.45, 2.75) is 30.9 Å². The highest BCUT2D eigenvalue weighted by molar-refractivity contribution is 8.00. The van der Waals surface area contributed by atoms with E-state index >= 15 is 0 Å². The highest BCUT2D eigenvalue weighted by Crippen LogP contribution is 2.42. The number of aromatic carboxylic acids is 1. The van der Waals surface area contributed by atoms with E-state index in [1.165, 1.54) is 18.6 Å². The van der Waals surface area contributed by atoms with Crippen LogP contribution in [0.5, 0.6) is 0 Å². The molecule has 0 aromatic carbocycles. The number of aromatic nitrogens is 1. The molecule has 1 amide bonds. The molecule has 1 aliphatic rings. The molecule has 0 unspecified atom stereocenters. The molecule has 1 aromatic heterocycles.